The lowest BCUT2D eigenvalue weighted by Crippen LogP contribution is -2.66. The number of fused-ring (bicyclic) bond motifs is 7. The molecule has 2 heterocycles. The minimum atomic E-state index is -1.79. The van der Waals surface area contributed by atoms with Gasteiger partial charge in [0.05, 0.1) is 18.1 Å². The fourth-order valence-electron chi connectivity index (χ4n) is 13.5. The predicted octanol–water partition coefficient (Wildman–Crippen LogP) is 2.41. The molecule has 2 saturated heterocycles. The van der Waals surface area contributed by atoms with Crippen LogP contribution in [0.25, 0.3) is 0 Å². The second-order valence-electron chi connectivity index (χ2n) is 20.7. The highest BCUT2D eigenvalue weighted by atomic mass is 16.7. The van der Waals surface area contributed by atoms with E-state index in [4.69, 9.17) is 18.9 Å². The number of ether oxygens (including phenoxy) is 4. The lowest BCUT2D eigenvalue weighted by molar-refractivity contribution is -0.324. The van der Waals surface area contributed by atoms with Crippen molar-refractivity contribution < 1.29 is 69.4 Å². The zero-order valence-corrected chi connectivity index (χ0v) is 34.0. The summed E-state index contributed by atoms with van der Waals surface area (Å²) in [7, 11) is 0. The van der Waals surface area contributed by atoms with Crippen molar-refractivity contribution in [2.45, 2.75) is 180 Å². The van der Waals surface area contributed by atoms with Gasteiger partial charge in [0.25, 0.3) is 0 Å². The van der Waals surface area contributed by atoms with E-state index < -0.39 is 96.9 Å². The highest BCUT2D eigenvalue weighted by Crippen LogP contribution is 2.76. The molecule has 0 aromatic heterocycles. The van der Waals surface area contributed by atoms with Gasteiger partial charge >= 0.3 is 11.9 Å². The second-order valence-corrected chi connectivity index (χ2v) is 20.7. The summed E-state index contributed by atoms with van der Waals surface area (Å²) in [4.78, 5) is 26.4. The van der Waals surface area contributed by atoms with E-state index in [1.807, 2.05) is 0 Å². The van der Waals surface area contributed by atoms with Crippen LogP contribution >= 0.6 is 0 Å². The molecule has 0 aromatic carbocycles. The van der Waals surface area contributed by atoms with Crippen molar-refractivity contribution in [1.29, 1.82) is 0 Å². The summed E-state index contributed by atoms with van der Waals surface area (Å²) in [6.07, 6.45) is -6.14. The van der Waals surface area contributed by atoms with Gasteiger partial charge in [-0.25, -0.2) is 4.79 Å². The average molecular weight is 795 g/mol. The topological polar surface area (TPSA) is 233 Å². The highest BCUT2D eigenvalue weighted by molar-refractivity contribution is 5.79. The van der Waals surface area contributed by atoms with Crippen LogP contribution in [-0.4, -0.2) is 127 Å². The third-order valence-corrected chi connectivity index (χ3v) is 17.2. The Morgan fingerprint density at radius 1 is 0.750 bits per heavy atom. The first-order valence-corrected chi connectivity index (χ1v) is 20.8. The van der Waals surface area contributed by atoms with Crippen LogP contribution in [0.2, 0.25) is 0 Å². The van der Waals surface area contributed by atoms with Gasteiger partial charge in [-0.2, -0.15) is 0 Å². The maximum atomic E-state index is 14.6. The first kappa shape index (κ1) is 42.4. The molecule has 0 bridgehead atoms. The Morgan fingerprint density at radius 3 is 2.05 bits per heavy atom. The minimum Gasteiger partial charge on any atom is -0.479 e. The maximum Gasteiger partial charge on any atom is 0.335 e. The van der Waals surface area contributed by atoms with Crippen LogP contribution in [0.5, 0.6) is 0 Å². The molecule has 14 heteroatoms. The van der Waals surface area contributed by atoms with E-state index >= 15 is 0 Å². The summed E-state index contributed by atoms with van der Waals surface area (Å²) in [5.41, 5.74) is -0.448. The quantitative estimate of drug-likeness (QED) is 0.110. The van der Waals surface area contributed by atoms with Crippen LogP contribution in [0.3, 0.4) is 0 Å². The number of hydrogen-bond acceptors (Lipinski definition) is 13. The Bertz CT molecular complexity index is 1560. The molecule has 0 radical (unpaired) electrons. The summed E-state index contributed by atoms with van der Waals surface area (Å²) in [6.45, 7) is 15.5. The number of aliphatic hydroxyl groups is 7. The molecule has 0 amide bonds. The van der Waals surface area contributed by atoms with E-state index in [0.29, 0.717) is 25.2 Å². The van der Waals surface area contributed by atoms with Crippen LogP contribution < -0.4 is 0 Å². The van der Waals surface area contributed by atoms with E-state index in [-0.39, 0.29) is 33.5 Å². The minimum absolute atomic E-state index is 0.0330. The molecule has 0 spiro atoms. The van der Waals surface area contributed by atoms with Crippen LogP contribution in [0.4, 0.5) is 0 Å². The van der Waals surface area contributed by atoms with Crippen molar-refractivity contribution in [3.63, 3.8) is 0 Å². The van der Waals surface area contributed by atoms with Gasteiger partial charge in [0, 0.05) is 0 Å². The molecule has 14 nitrogen and oxygen atoms in total. The van der Waals surface area contributed by atoms with E-state index in [2.05, 4.69) is 54.5 Å². The number of carboxylic acids is 1. The smallest absolute Gasteiger partial charge is 0.335 e. The lowest BCUT2D eigenvalue weighted by atomic mass is 9.33. The van der Waals surface area contributed by atoms with E-state index in [1.165, 1.54) is 5.57 Å². The highest BCUT2D eigenvalue weighted by Gasteiger charge is 2.70. The van der Waals surface area contributed by atoms with Crippen molar-refractivity contribution in [2.75, 3.05) is 6.61 Å². The van der Waals surface area contributed by atoms with Gasteiger partial charge in [0.15, 0.2) is 12.4 Å². The van der Waals surface area contributed by atoms with Crippen LogP contribution in [0.1, 0.15) is 113 Å². The Hall–Kier alpha value is -1.72. The number of aliphatic hydroxyl groups excluding tert-OH is 7. The van der Waals surface area contributed by atoms with E-state index in [0.717, 1.165) is 44.9 Å². The lowest BCUT2D eigenvalue weighted by Gasteiger charge is -2.71. The van der Waals surface area contributed by atoms with Crippen LogP contribution in [0, 0.1) is 50.2 Å². The van der Waals surface area contributed by atoms with Gasteiger partial charge in [0.2, 0.25) is 6.29 Å². The van der Waals surface area contributed by atoms with Crippen molar-refractivity contribution in [3.8, 4) is 0 Å². The zero-order valence-electron chi connectivity index (χ0n) is 34.0. The molecular formula is C42H66O14. The molecule has 318 valence electrons. The largest absolute Gasteiger partial charge is 0.479 e. The maximum absolute atomic E-state index is 14.6. The number of aliphatic carboxylic acids is 1. The standard InChI is InChI=1S/C42H66O14/c1-37(2)14-16-42(36(52)56-34-30(48)27(45)26(44)22(19-43)53-34)17-15-40(6)20(21(42)18-37)8-9-24-39(5)12-11-25(38(3,4)23(39)10-13-41(24,40)7)54-35-31(49)28(46)29(47)32(55-35)33(50)51/h8,21-32,34-35,43-49H,9-19H2,1-7H3,(H,50,51)/t21?,22-,23?,24?,25+,26-,27-,28-,29+,30-,31-,32+,34+,35-,39+,40-,41-,42+/m1/s1. The summed E-state index contributed by atoms with van der Waals surface area (Å²) < 4.78 is 23.5. The van der Waals surface area contributed by atoms with Crippen molar-refractivity contribution in [2.24, 2.45) is 50.2 Å². The fraction of sp³-hybridized carbons (Fsp3) is 0.905. The van der Waals surface area contributed by atoms with Crippen LogP contribution in [-0.2, 0) is 28.5 Å². The molecule has 5 aliphatic carbocycles. The van der Waals surface area contributed by atoms with Gasteiger partial charge in [0.1, 0.15) is 42.7 Å². The Kier molecular flexibility index (Phi) is 10.8. The zero-order chi connectivity index (χ0) is 41.1. The van der Waals surface area contributed by atoms with Crippen molar-refractivity contribution in [3.05, 3.63) is 11.6 Å². The van der Waals surface area contributed by atoms with Crippen LogP contribution in [0.15, 0.2) is 11.6 Å². The van der Waals surface area contributed by atoms with Gasteiger partial charge in [-0.3, -0.25) is 4.79 Å². The summed E-state index contributed by atoms with van der Waals surface area (Å²) in [5.74, 6) is -1.52. The van der Waals surface area contributed by atoms with E-state index in [1.54, 1.807) is 0 Å². The van der Waals surface area contributed by atoms with Crippen molar-refractivity contribution >= 4 is 11.9 Å². The molecule has 4 saturated carbocycles. The number of allylic oxidation sites excluding steroid dienone is 2. The normalized spacial score (nSPS) is 52.3. The second kappa shape index (κ2) is 14.2. The number of esters is 1. The summed E-state index contributed by atoms with van der Waals surface area (Å²) in [6, 6.07) is 0. The first-order chi connectivity index (χ1) is 26.0. The molecule has 3 unspecified atom stereocenters. The predicted molar refractivity (Wildman–Crippen MR) is 198 cm³/mol. The SMILES string of the molecule is CC1(C)CC[C@]2(C(=O)O[C@@H]3O[C@H](CO)[C@@H](O)[C@@H](O)[C@H]3O)CC[C@]3(C)C(=CCC4[C@@]5(C)CC[C@H](O[C@@H]6O[C@H](C(=O)O)[C@@H](O)[C@@H](O)[C@H]6O)C(C)(C)C5CC[C@]43C)C2C1. The number of carboxylic acid groups (broad SMARTS) is 1. The summed E-state index contributed by atoms with van der Waals surface area (Å²) in [5, 5.41) is 82.4. The summed E-state index contributed by atoms with van der Waals surface area (Å²) >= 11 is 0. The Morgan fingerprint density at radius 2 is 1.39 bits per heavy atom. The number of carbonyl (C=O) groups excluding carboxylic acids is 1. The Balaban J connectivity index is 1.16. The molecule has 8 N–H and O–H groups in total. The molecule has 7 rings (SSSR count). The molecule has 0 aromatic rings. The molecule has 56 heavy (non-hydrogen) atoms. The fourth-order valence-corrected chi connectivity index (χ4v) is 13.5. The molecule has 7 aliphatic rings. The van der Waals surface area contributed by atoms with E-state index in [9.17, 15) is 50.4 Å². The third kappa shape index (κ3) is 6.17. The molecule has 2 aliphatic heterocycles. The van der Waals surface area contributed by atoms with Crippen molar-refractivity contribution in [1.82, 2.24) is 0 Å². The third-order valence-electron chi connectivity index (χ3n) is 17.2. The average Bonchev–Trinajstić information content (AvgIpc) is 3.12. The molecule has 18 atom stereocenters. The number of hydrogen-bond donors (Lipinski definition) is 8. The molecule has 6 fully saturated rings. The molecular weight excluding hydrogens is 728 g/mol. The first-order valence-electron chi connectivity index (χ1n) is 20.8. The van der Waals surface area contributed by atoms with Gasteiger partial charge in [-0.1, -0.05) is 60.1 Å². The monoisotopic (exact) mass is 794 g/mol. The van der Waals surface area contributed by atoms with Gasteiger partial charge in [-0.05, 0) is 109 Å². The number of carbonyl (C=O) groups is 2. The number of rotatable bonds is 6. The van der Waals surface area contributed by atoms with Gasteiger partial charge < -0.3 is 59.8 Å². The Labute approximate surface area is 329 Å². The van der Waals surface area contributed by atoms with Gasteiger partial charge in [-0.15, -0.1) is 0 Å².